The third-order valence-electron chi connectivity index (χ3n) is 15.8. The summed E-state index contributed by atoms with van der Waals surface area (Å²) in [6, 6.07) is 83.3. The second kappa shape index (κ2) is 18.2. The fourth-order valence-electron chi connectivity index (χ4n) is 12.1. The van der Waals surface area contributed by atoms with Crippen molar-refractivity contribution in [1.82, 2.24) is 0 Å². The standard InChI is InChI=1S/C73H46N2O4S/c1-2-3-31-67(80)60-28-14-25-55-57-27-16-30-64(71(57)79-69(55)60)75(50-21-11-6-12-22-50)52-35-33-46-41-62-59-37-36-58-61-40-45-32-34-51(38-47(45)42-65(61)76-72(58)73(59)77-66(62)43-48(46)39-52)74(49-19-9-5-10-20-49)63-29-15-26-56-54-24-13-23-53(68(54)78-70(56)63)44-17-7-4-8-18-44/h2-43,80H,1H3/b3-2-,67-31-. The van der Waals surface area contributed by atoms with Gasteiger partial charge in [0, 0.05) is 81.9 Å². The number of fused-ring (bicyclic) bond motifs is 15. The maximum Gasteiger partial charge on any atom is 0.178 e. The van der Waals surface area contributed by atoms with Crippen LogP contribution in [0.25, 0.3) is 125 Å². The highest BCUT2D eigenvalue weighted by atomic mass is 32.1. The van der Waals surface area contributed by atoms with E-state index in [4.69, 9.17) is 30.3 Å². The van der Waals surface area contributed by atoms with Gasteiger partial charge in [-0.1, -0.05) is 152 Å². The fourth-order valence-corrected chi connectivity index (χ4v) is 12.4. The Morgan fingerprint density at radius 1 is 0.350 bits per heavy atom. The van der Waals surface area contributed by atoms with E-state index in [2.05, 4.69) is 234 Å². The summed E-state index contributed by atoms with van der Waals surface area (Å²) in [4.78, 5) is 5.40. The first-order chi connectivity index (χ1) is 39.5. The molecule has 7 heteroatoms. The first-order valence-electron chi connectivity index (χ1n) is 26.9. The zero-order valence-electron chi connectivity index (χ0n) is 43.2. The van der Waals surface area contributed by atoms with Gasteiger partial charge in [0.15, 0.2) is 22.3 Å². The molecule has 4 aromatic heterocycles. The Morgan fingerprint density at radius 2 is 0.812 bits per heavy atom. The van der Waals surface area contributed by atoms with Gasteiger partial charge in [-0.05, 0) is 137 Å². The lowest BCUT2D eigenvalue weighted by Gasteiger charge is -2.25. The van der Waals surface area contributed by atoms with Crippen LogP contribution in [0.5, 0.6) is 0 Å². The van der Waals surface area contributed by atoms with E-state index >= 15 is 0 Å². The average molecular weight is 1050 g/mol. The maximum absolute atomic E-state index is 6.96. The maximum atomic E-state index is 6.96. The summed E-state index contributed by atoms with van der Waals surface area (Å²) in [7, 11) is 0. The molecule has 80 heavy (non-hydrogen) atoms. The summed E-state index contributed by atoms with van der Waals surface area (Å²) in [6.07, 6.45) is 5.99. The Morgan fingerprint density at radius 3 is 1.35 bits per heavy atom. The molecule has 0 aliphatic carbocycles. The Bertz CT molecular complexity index is 5220. The monoisotopic (exact) mass is 1050 g/mol. The molecule has 16 aromatic rings. The molecule has 0 N–H and O–H groups in total. The van der Waals surface area contributed by atoms with Crippen molar-refractivity contribution >= 4 is 161 Å². The molecule has 0 spiro atoms. The van der Waals surface area contributed by atoms with Crippen molar-refractivity contribution < 1.29 is 17.7 Å². The highest BCUT2D eigenvalue weighted by Gasteiger charge is 2.25. The van der Waals surface area contributed by atoms with Crippen LogP contribution >= 0.6 is 12.6 Å². The van der Waals surface area contributed by atoms with E-state index in [1.54, 1.807) is 0 Å². The SMILES string of the molecule is C/C=C\C=C(/S)c1cccc2c1oc1c(N(c3ccccc3)c3ccc4cc5c(cc4c3)oc3c5ccc4c5cc6ccc(N(c7ccccc7)c7cccc8c7oc7c(-c9ccccc9)cccc78)cc6cc5oc43)cccc12. The topological polar surface area (TPSA) is 59.0 Å². The van der Waals surface area contributed by atoms with Gasteiger partial charge in [-0.3, -0.25) is 0 Å². The van der Waals surface area contributed by atoms with Gasteiger partial charge >= 0.3 is 0 Å². The van der Waals surface area contributed by atoms with Crippen LogP contribution in [0, 0.1) is 0 Å². The number of rotatable bonds is 9. The van der Waals surface area contributed by atoms with Crippen molar-refractivity contribution in [1.29, 1.82) is 0 Å². The van der Waals surface area contributed by atoms with Gasteiger partial charge in [-0.15, -0.1) is 12.6 Å². The Hall–Kier alpha value is -10.2. The number of hydrogen-bond acceptors (Lipinski definition) is 7. The molecule has 0 saturated heterocycles. The van der Waals surface area contributed by atoms with Crippen LogP contribution in [0.4, 0.5) is 34.1 Å². The lowest BCUT2D eigenvalue weighted by molar-refractivity contribution is 0.634. The van der Waals surface area contributed by atoms with Crippen molar-refractivity contribution in [3.63, 3.8) is 0 Å². The Kier molecular flexibility index (Phi) is 10.5. The van der Waals surface area contributed by atoms with E-state index in [9.17, 15) is 0 Å². The predicted molar refractivity (Wildman–Crippen MR) is 337 cm³/mol. The highest BCUT2D eigenvalue weighted by Crippen LogP contribution is 2.48. The van der Waals surface area contributed by atoms with Gasteiger partial charge in [-0.2, -0.15) is 0 Å². The molecule has 378 valence electrons. The second-order valence-corrected chi connectivity index (χ2v) is 20.9. The van der Waals surface area contributed by atoms with Gasteiger partial charge in [0.25, 0.3) is 0 Å². The van der Waals surface area contributed by atoms with Crippen molar-refractivity contribution in [2.75, 3.05) is 9.80 Å². The Labute approximate surface area is 464 Å². The Balaban J connectivity index is 0.802. The van der Waals surface area contributed by atoms with Crippen LogP contribution < -0.4 is 9.80 Å². The molecule has 12 aromatic carbocycles. The molecule has 0 fully saturated rings. The molecular formula is C73H46N2O4S. The lowest BCUT2D eigenvalue weighted by Crippen LogP contribution is -2.10. The molecule has 6 nitrogen and oxygen atoms in total. The number of nitrogens with zero attached hydrogens (tertiary/aromatic N) is 2. The number of allylic oxidation sites excluding steroid dienone is 3. The third kappa shape index (κ3) is 7.21. The molecule has 0 amide bonds. The van der Waals surface area contributed by atoms with Crippen LogP contribution in [0.2, 0.25) is 0 Å². The number of benzene rings is 12. The quantitative estimate of drug-likeness (QED) is 0.115. The summed E-state index contributed by atoms with van der Waals surface area (Å²) in [5, 5.41) is 12.6. The summed E-state index contributed by atoms with van der Waals surface area (Å²) < 4.78 is 27.7. The van der Waals surface area contributed by atoms with Gasteiger partial charge in [-0.25, -0.2) is 0 Å². The zero-order chi connectivity index (χ0) is 53.0. The molecule has 16 rings (SSSR count). The van der Waals surface area contributed by atoms with E-state index in [1.165, 1.54) is 0 Å². The van der Waals surface area contributed by atoms with Gasteiger partial charge < -0.3 is 27.5 Å². The van der Waals surface area contributed by atoms with Crippen molar-refractivity contribution in [2.24, 2.45) is 0 Å². The minimum absolute atomic E-state index is 0.727. The molecule has 0 saturated carbocycles. The van der Waals surface area contributed by atoms with Crippen LogP contribution in [-0.4, -0.2) is 0 Å². The number of furan rings is 4. The predicted octanol–water partition coefficient (Wildman–Crippen LogP) is 22.0. The summed E-state index contributed by atoms with van der Waals surface area (Å²) >= 11 is 4.88. The van der Waals surface area contributed by atoms with E-state index < -0.39 is 0 Å². The van der Waals surface area contributed by atoms with Gasteiger partial charge in [0.05, 0.1) is 11.4 Å². The molecule has 0 unspecified atom stereocenters. The number of thiol groups is 1. The summed E-state index contributed by atoms with van der Waals surface area (Å²) in [6.45, 7) is 2.00. The van der Waals surface area contributed by atoms with Crippen LogP contribution in [-0.2, 0) is 0 Å². The van der Waals surface area contributed by atoms with Gasteiger partial charge in [0.1, 0.15) is 22.3 Å². The van der Waals surface area contributed by atoms with E-state index in [0.29, 0.717) is 0 Å². The highest BCUT2D eigenvalue weighted by molar-refractivity contribution is 7.90. The molecule has 0 aliphatic rings. The van der Waals surface area contributed by atoms with Crippen molar-refractivity contribution in [3.8, 4) is 11.1 Å². The number of para-hydroxylation sites is 6. The van der Waals surface area contributed by atoms with Crippen LogP contribution in [0.1, 0.15) is 12.5 Å². The molecule has 0 bridgehead atoms. The minimum atomic E-state index is 0.727. The molecule has 0 aliphatic heterocycles. The van der Waals surface area contributed by atoms with Crippen molar-refractivity contribution in [2.45, 2.75) is 6.92 Å². The normalized spacial score (nSPS) is 12.4. The fraction of sp³-hybridized carbons (Fsp3) is 0.0137. The molecule has 0 atom stereocenters. The first kappa shape index (κ1) is 45.9. The zero-order valence-corrected chi connectivity index (χ0v) is 44.1. The largest absolute Gasteiger partial charge is 0.453 e. The molecular weight excluding hydrogens is 1000 g/mol. The smallest absolute Gasteiger partial charge is 0.178 e. The molecule has 0 radical (unpaired) electrons. The lowest BCUT2D eigenvalue weighted by atomic mass is 10.0. The van der Waals surface area contributed by atoms with E-state index in [-0.39, 0.29) is 0 Å². The third-order valence-corrected chi connectivity index (χ3v) is 16.2. The van der Waals surface area contributed by atoms with Crippen molar-refractivity contribution in [3.05, 3.63) is 260 Å². The average Bonchev–Trinajstić information content (AvgIpc) is 4.37. The van der Waals surface area contributed by atoms with Crippen LogP contribution in [0.3, 0.4) is 0 Å². The number of hydrogen-bond donors (Lipinski definition) is 1. The second-order valence-electron chi connectivity index (χ2n) is 20.4. The van der Waals surface area contributed by atoms with E-state index in [0.717, 1.165) is 165 Å². The van der Waals surface area contributed by atoms with E-state index in [1.807, 2.05) is 37.3 Å². The number of anilines is 6. The summed E-state index contributed by atoms with van der Waals surface area (Å²) in [5.74, 6) is 0. The first-order valence-corrected chi connectivity index (χ1v) is 27.3. The summed E-state index contributed by atoms with van der Waals surface area (Å²) in [5.41, 5.74) is 15.4. The van der Waals surface area contributed by atoms with Gasteiger partial charge in [0.2, 0.25) is 0 Å². The molecule has 4 heterocycles. The minimum Gasteiger partial charge on any atom is -0.453 e. The van der Waals surface area contributed by atoms with Crippen LogP contribution in [0.15, 0.2) is 272 Å².